The predicted molar refractivity (Wildman–Crippen MR) is 148 cm³/mol. The molecule has 2 aliphatic rings. The Bertz CT molecular complexity index is 1260. The number of ether oxygens (including phenoxy) is 3. The van der Waals surface area contributed by atoms with Crippen LogP contribution in [0.25, 0.3) is 0 Å². The van der Waals surface area contributed by atoms with Crippen LogP contribution in [0.5, 0.6) is 11.5 Å². The highest BCUT2D eigenvalue weighted by atomic mass is 16.5. The van der Waals surface area contributed by atoms with E-state index in [1.54, 1.807) is 32.6 Å². The van der Waals surface area contributed by atoms with Crippen molar-refractivity contribution in [3.63, 3.8) is 0 Å². The Kier molecular flexibility index (Phi) is 8.22. The summed E-state index contributed by atoms with van der Waals surface area (Å²) in [5.41, 5.74) is 5.45. The summed E-state index contributed by atoms with van der Waals surface area (Å²) in [4.78, 5) is 29.5. The number of carbonyl (C=O) groups excluding carboxylic acids is 2. The maximum Gasteiger partial charge on any atom is 0.244 e. The van der Waals surface area contributed by atoms with Crippen molar-refractivity contribution in [2.75, 3.05) is 40.5 Å². The molecule has 202 valence electrons. The lowest BCUT2D eigenvalue weighted by molar-refractivity contribution is -0.151. The topological polar surface area (TPSA) is 89.5 Å². The summed E-state index contributed by atoms with van der Waals surface area (Å²) in [6.45, 7) is 2.17. The van der Waals surface area contributed by atoms with Gasteiger partial charge in [-0.25, -0.2) is 5.43 Å². The first kappa shape index (κ1) is 26.4. The molecule has 0 aromatic heterocycles. The molecule has 1 aliphatic heterocycles. The molecule has 1 aliphatic carbocycles. The number of amides is 2. The maximum absolute atomic E-state index is 13.9. The van der Waals surface area contributed by atoms with E-state index in [9.17, 15) is 9.59 Å². The first-order valence-corrected chi connectivity index (χ1v) is 13.1. The summed E-state index contributed by atoms with van der Waals surface area (Å²) >= 11 is 0. The van der Waals surface area contributed by atoms with Crippen molar-refractivity contribution < 1.29 is 23.8 Å². The van der Waals surface area contributed by atoms with E-state index >= 15 is 0 Å². The third-order valence-corrected chi connectivity index (χ3v) is 7.62. The molecule has 5 rings (SSSR count). The second kappa shape index (κ2) is 12.1. The van der Waals surface area contributed by atoms with Gasteiger partial charge in [-0.2, -0.15) is 5.10 Å². The minimum absolute atomic E-state index is 0.0684. The Hall–Kier alpha value is -4.17. The summed E-state index contributed by atoms with van der Waals surface area (Å²) in [6, 6.07) is 25.1. The summed E-state index contributed by atoms with van der Waals surface area (Å²) in [5.74, 6) is -0.346. The molecule has 2 amide bonds. The van der Waals surface area contributed by atoms with E-state index in [4.69, 9.17) is 14.2 Å². The number of morpholine rings is 1. The van der Waals surface area contributed by atoms with E-state index in [-0.39, 0.29) is 29.6 Å². The molecule has 1 saturated carbocycles. The van der Waals surface area contributed by atoms with Crippen LogP contribution in [0, 0.1) is 11.8 Å². The summed E-state index contributed by atoms with van der Waals surface area (Å²) in [7, 11) is 3.15. The minimum Gasteiger partial charge on any atom is -0.493 e. The largest absolute Gasteiger partial charge is 0.493 e. The molecule has 39 heavy (non-hydrogen) atoms. The molecule has 2 fully saturated rings. The first-order valence-electron chi connectivity index (χ1n) is 13.1. The lowest BCUT2D eigenvalue weighted by Crippen LogP contribution is -2.57. The van der Waals surface area contributed by atoms with Gasteiger partial charge < -0.3 is 19.1 Å². The van der Waals surface area contributed by atoms with E-state index in [1.165, 1.54) is 0 Å². The third-order valence-electron chi connectivity index (χ3n) is 7.62. The standard InChI is InChI=1S/C31H33N3O5/c1-37-24-14-13-21(19-25(24)38-2)20-32-33-30(35)28-26(22-9-5-3-6-10-22)29(27(28)23-11-7-4-8-12-23)31(36)34-15-17-39-18-16-34/h3-14,19-20,26-29H,15-18H2,1-2H3,(H,33,35)/b32-20-/t26-,27-,28?,29?/m0/s1. The van der Waals surface area contributed by atoms with Gasteiger partial charge >= 0.3 is 0 Å². The molecule has 0 radical (unpaired) electrons. The molecule has 0 bridgehead atoms. The third kappa shape index (κ3) is 5.52. The van der Waals surface area contributed by atoms with Gasteiger partial charge in [-0.1, -0.05) is 60.7 Å². The normalized spacial score (nSPS) is 22.7. The van der Waals surface area contributed by atoms with Crippen molar-refractivity contribution in [3.8, 4) is 11.5 Å². The highest BCUT2D eigenvalue weighted by Crippen LogP contribution is 2.58. The van der Waals surface area contributed by atoms with Crippen LogP contribution in [-0.2, 0) is 14.3 Å². The fraction of sp³-hybridized carbons (Fsp3) is 0.323. The highest BCUT2D eigenvalue weighted by molar-refractivity contribution is 5.91. The fourth-order valence-corrected chi connectivity index (χ4v) is 5.73. The molecule has 8 heteroatoms. The molecule has 0 spiro atoms. The van der Waals surface area contributed by atoms with Crippen LogP contribution in [0.4, 0.5) is 0 Å². The number of rotatable bonds is 8. The molecule has 0 unspecified atom stereocenters. The van der Waals surface area contributed by atoms with Gasteiger partial charge in [-0.05, 0) is 34.9 Å². The van der Waals surface area contributed by atoms with Crippen molar-refractivity contribution in [2.24, 2.45) is 16.9 Å². The number of nitrogens with zero attached hydrogens (tertiary/aromatic N) is 2. The zero-order chi connectivity index (χ0) is 27.2. The lowest BCUT2D eigenvalue weighted by atomic mass is 9.51. The maximum atomic E-state index is 13.9. The second-order valence-electron chi connectivity index (χ2n) is 9.71. The molecule has 3 aromatic carbocycles. The highest BCUT2D eigenvalue weighted by Gasteiger charge is 2.58. The first-order chi connectivity index (χ1) is 19.1. The summed E-state index contributed by atoms with van der Waals surface area (Å²) in [6.07, 6.45) is 1.57. The molecular weight excluding hydrogens is 494 g/mol. The Morgan fingerprint density at radius 1 is 0.846 bits per heavy atom. The Morgan fingerprint density at radius 3 is 2.00 bits per heavy atom. The Labute approximate surface area is 228 Å². The zero-order valence-electron chi connectivity index (χ0n) is 22.2. The predicted octanol–water partition coefficient (Wildman–Crippen LogP) is 3.83. The average Bonchev–Trinajstić information content (AvgIpc) is 2.98. The van der Waals surface area contributed by atoms with E-state index in [0.717, 1.165) is 16.7 Å². The van der Waals surface area contributed by atoms with Crippen molar-refractivity contribution in [3.05, 3.63) is 95.6 Å². The molecule has 8 nitrogen and oxygen atoms in total. The molecule has 1 N–H and O–H groups in total. The zero-order valence-corrected chi connectivity index (χ0v) is 22.2. The van der Waals surface area contributed by atoms with Crippen LogP contribution in [0.2, 0.25) is 0 Å². The average molecular weight is 528 g/mol. The minimum atomic E-state index is -0.465. The van der Waals surface area contributed by atoms with Gasteiger partial charge in [0.2, 0.25) is 11.8 Å². The van der Waals surface area contributed by atoms with E-state index in [2.05, 4.69) is 10.5 Å². The number of methoxy groups -OCH3 is 2. The van der Waals surface area contributed by atoms with Crippen molar-refractivity contribution in [2.45, 2.75) is 11.8 Å². The SMILES string of the molecule is COc1ccc(/C=N\NC(=O)C2[C@H](c3ccccc3)C(C(=O)N3CCOCC3)[C@H]2c2ccccc2)cc1OC. The molecular formula is C31H33N3O5. The van der Waals surface area contributed by atoms with Crippen molar-refractivity contribution >= 4 is 18.0 Å². The van der Waals surface area contributed by atoms with Gasteiger partial charge in [0.1, 0.15) is 0 Å². The number of hydrogen-bond donors (Lipinski definition) is 1. The van der Waals surface area contributed by atoms with Gasteiger partial charge in [0.15, 0.2) is 11.5 Å². The van der Waals surface area contributed by atoms with Crippen LogP contribution < -0.4 is 14.9 Å². The Morgan fingerprint density at radius 2 is 1.44 bits per heavy atom. The number of benzene rings is 3. The fourth-order valence-electron chi connectivity index (χ4n) is 5.73. The number of nitrogens with one attached hydrogen (secondary N) is 1. The Balaban J connectivity index is 1.44. The number of carbonyl (C=O) groups is 2. The van der Waals surface area contributed by atoms with Gasteiger partial charge in [0, 0.05) is 24.9 Å². The van der Waals surface area contributed by atoms with Crippen LogP contribution in [0.15, 0.2) is 84.0 Å². The van der Waals surface area contributed by atoms with Crippen LogP contribution in [-0.4, -0.2) is 63.5 Å². The number of hydrazone groups is 1. The second-order valence-corrected chi connectivity index (χ2v) is 9.71. The quantitative estimate of drug-likeness (QED) is 0.355. The van der Waals surface area contributed by atoms with Gasteiger partial charge in [0.25, 0.3) is 0 Å². The van der Waals surface area contributed by atoms with E-state index in [1.807, 2.05) is 71.6 Å². The van der Waals surface area contributed by atoms with Crippen LogP contribution in [0.1, 0.15) is 28.5 Å². The molecule has 3 aromatic rings. The summed E-state index contributed by atoms with van der Waals surface area (Å²) < 4.78 is 16.1. The van der Waals surface area contributed by atoms with E-state index in [0.29, 0.717) is 37.8 Å². The molecule has 1 saturated heterocycles. The van der Waals surface area contributed by atoms with Gasteiger partial charge in [-0.15, -0.1) is 0 Å². The molecule has 1 heterocycles. The summed E-state index contributed by atoms with van der Waals surface area (Å²) in [5, 5.41) is 4.26. The monoisotopic (exact) mass is 527 g/mol. The molecule has 2 atom stereocenters. The van der Waals surface area contributed by atoms with Crippen LogP contribution >= 0.6 is 0 Å². The number of hydrogen-bond acceptors (Lipinski definition) is 6. The van der Waals surface area contributed by atoms with Crippen molar-refractivity contribution in [1.29, 1.82) is 0 Å². The smallest absolute Gasteiger partial charge is 0.244 e. The lowest BCUT2D eigenvalue weighted by Gasteiger charge is -2.52. The van der Waals surface area contributed by atoms with Crippen molar-refractivity contribution in [1.82, 2.24) is 10.3 Å². The van der Waals surface area contributed by atoms with Crippen LogP contribution in [0.3, 0.4) is 0 Å². The van der Waals surface area contributed by atoms with Gasteiger partial charge in [0.05, 0.1) is 45.5 Å². The van der Waals surface area contributed by atoms with Gasteiger partial charge in [-0.3, -0.25) is 9.59 Å². The van der Waals surface area contributed by atoms with E-state index < -0.39 is 5.92 Å².